The van der Waals surface area contributed by atoms with E-state index < -0.39 is 11.7 Å². The Morgan fingerprint density at radius 2 is 2.13 bits per heavy atom. The van der Waals surface area contributed by atoms with Crippen LogP contribution in [0.25, 0.3) is 0 Å². The van der Waals surface area contributed by atoms with Crippen molar-refractivity contribution in [2.45, 2.75) is 13.3 Å². The Morgan fingerprint density at radius 1 is 1.33 bits per heavy atom. The quantitative estimate of drug-likeness (QED) is 0.763. The molecule has 1 aliphatic rings. The second-order valence-electron chi connectivity index (χ2n) is 3.31. The lowest BCUT2D eigenvalue weighted by Crippen LogP contribution is -2.12. The number of ketones is 1. The monoisotopic (exact) mass is 205 g/mol. The predicted octanol–water partition coefficient (Wildman–Crippen LogP) is 1.61. The minimum absolute atomic E-state index is 0.397. The summed E-state index contributed by atoms with van der Waals surface area (Å²) in [4.78, 5) is 22.5. The molecule has 0 atom stereocenters. The third-order valence-corrected chi connectivity index (χ3v) is 2.18. The van der Waals surface area contributed by atoms with Gasteiger partial charge in [-0.25, -0.2) is 0 Å². The highest BCUT2D eigenvalue weighted by atomic mass is 16.5. The molecule has 78 valence electrons. The number of carbonyl (C=O) groups is 2. The standard InChI is InChI=1S/C11H11NO3/c1-2-6-15-8-5-3-4-7-9(8)12-11(14)10(7)13/h3-5H,2,6H2,1H3,(H,12,13,14). The van der Waals surface area contributed by atoms with Crippen LogP contribution in [0.5, 0.6) is 5.75 Å². The average molecular weight is 205 g/mol. The number of nitrogens with one attached hydrogen (secondary N) is 1. The fourth-order valence-electron chi connectivity index (χ4n) is 1.47. The van der Waals surface area contributed by atoms with E-state index >= 15 is 0 Å². The lowest BCUT2D eigenvalue weighted by Gasteiger charge is -2.08. The summed E-state index contributed by atoms with van der Waals surface area (Å²) in [5.74, 6) is -0.516. The smallest absolute Gasteiger partial charge is 0.296 e. The molecule has 0 saturated heterocycles. The van der Waals surface area contributed by atoms with Crippen molar-refractivity contribution in [3.63, 3.8) is 0 Å². The summed E-state index contributed by atoms with van der Waals surface area (Å²) in [7, 11) is 0. The molecule has 0 saturated carbocycles. The van der Waals surface area contributed by atoms with Crippen LogP contribution in [-0.2, 0) is 4.79 Å². The molecule has 1 amide bonds. The van der Waals surface area contributed by atoms with Crippen molar-refractivity contribution in [3.05, 3.63) is 23.8 Å². The predicted molar refractivity (Wildman–Crippen MR) is 55.2 cm³/mol. The van der Waals surface area contributed by atoms with Crippen LogP contribution >= 0.6 is 0 Å². The SMILES string of the molecule is CCCOc1cccc2c1NC(=O)C2=O. The van der Waals surface area contributed by atoms with Crippen molar-refractivity contribution in [3.8, 4) is 5.75 Å². The number of benzene rings is 1. The lowest BCUT2D eigenvalue weighted by atomic mass is 10.1. The van der Waals surface area contributed by atoms with Gasteiger partial charge < -0.3 is 10.1 Å². The van der Waals surface area contributed by atoms with Gasteiger partial charge in [0.2, 0.25) is 0 Å². The van der Waals surface area contributed by atoms with Crippen molar-refractivity contribution in [1.82, 2.24) is 0 Å². The highest BCUT2D eigenvalue weighted by molar-refractivity contribution is 6.52. The maximum atomic E-state index is 11.4. The molecule has 4 heteroatoms. The summed E-state index contributed by atoms with van der Waals surface area (Å²) in [6.07, 6.45) is 0.881. The lowest BCUT2D eigenvalue weighted by molar-refractivity contribution is -0.112. The fourth-order valence-corrected chi connectivity index (χ4v) is 1.47. The first kappa shape index (κ1) is 9.71. The van der Waals surface area contributed by atoms with Crippen LogP contribution in [0, 0.1) is 0 Å². The summed E-state index contributed by atoms with van der Waals surface area (Å²) in [6.45, 7) is 2.56. The molecule has 2 rings (SSSR count). The van der Waals surface area contributed by atoms with Gasteiger partial charge in [0.15, 0.2) is 0 Å². The van der Waals surface area contributed by atoms with Gasteiger partial charge in [0.25, 0.3) is 11.7 Å². The summed E-state index contributed by atoms with van der Waals surface area (Å²) in [5.41, 5.74) is 0.898. The molecule has 0 radical (unpaired) electrons. The molecule has 0 aromatic heterocycles. The molecule has 1 N–H and O–H groups in total. The second-order valence-corrected chi connectivity index (χ2v) is 3.31. The number of hydrogen-bond acceptors (Lipinski definition) is 3. The zero-order valence-electron chi connectivity index (χ0n) is 8.37. The third-order valence-electron chi connectivity index (χ3n) is 2.18. The van der Waals surface area contributed by atoms with E-state index in [9.17, 15) is 9.59 Å². The number of carbonyl (C=O) groups excluding carboxylic acids is 2. The Hall–Kier alpha value is -1.84. The highest BCUT2D eigenvalue weighted by Crippen LogP contribution is 2.32. The van der Waals surface area contributed by atoms with Gasteiger partial charge in [-0.2, -0.15) is 0 Å². The third kappa shape index (κ3) is 1.58. The molecule has 1 aromatic rings. The van der Waals surface area contributed by atoms with E-state index in [1.54, 1.807) is 18.2 Å². The van der Waals surface area contributed by atoms with E-state index in [2.05, 4.69) is 5.32 Å². The Morgan fingerprint density at radius 3 is 2.87 bits per heavy atom. The van der Waals surface area contributed by atoms with E-state index in [0.717, 1.165) is 6.42 Å². The molecule has 1 aromatic carbocycles. The fraction of sp³-hybridized carbons (Fsp3) is 0.273. The second kappa shape index (κ2) is 3.73. The first-order valence-corrected chi connectivity index (χ1v) is 4.85. The summed E-state index contributed by atoms with van der Waals surface area (Å²) >= 11 is 0. The topological polar surface area (TPSA) is 55.4 Å². The van der Waals surface area contributed by atoms with E-state index in [1.165, 1.54) is 0 Å². The molecule has 0 bridgehead atoms. The van der Waals surface area contributed by atoms with Crippen LogP contribution < -0.4 is 10.1 Å². The van der Waals surface area contributed by atoms with Gasteiger partial charge in [0, 0.05) is 0 Å². The van der Waals surface area contributed by atoms with Gasteiger partial charge in [0.05, 0.1) is 17.9 Å². The van der Waals surface area contributed by atoms with Crippen LogP contribution in [0.3, 0.4) is 0 Å². The molecule has 1 heterocycles. The Bertz CT molecular complexity index is 426. The minimum Gasteiger partial charge on any atom is -0.491 e. The first-order valence-electron chi connectivity index (χ1n) is 4.85. The molecule has 0 spiro atoms. The number of ether oxygens (including phenoxy) is 1. The molecule has 15 heavy (non-hydrogen) atoms. The van der Waals surface area contributed by atoms with Crippen molar-refractivity contribution in [2.75, 3.05) is 11.9 Å². The summed E-state index contributed by atoms with van der Waals surface area (Å²) in [5, 5.41) is 2.51. The summed E-state index contributed by atoms with van der Waals surface area (Å²) < 4.78 is 5.43. The first-order chi connectivity index (χ1) is 7.24. The number of para-hydroxylation sites is 1. The van der Waals surface area contributed by atoms with E-state index in [4.69, 9.17) is 4.74 Å². The number of anilines is 1. The maximum Gasteiger partial charge on any atom is 0.296 e. The zero-order valence-corrected chi connectivity index (χ0v) is 8.37. The summed E-state index contributed by atoms with van der Waals surface area (Å²) in [6, 6.07) is 5.07. The minimum atomic E-state index is -0.586. The van der Waals surface area contributed by atoms with E-state index in [-0.39, 0.29) is 0 Å². The van der Waals surface area contributed by atoms with Gasteiger partial charge in [-0.1, -0.05) is 13.0 Å². The van der Waals surface area contributed by atoms with Crippen molar-refractivity contribution < 1.29 is 14.3 Å². The molecule has 0 aliphatic carbocycles. The number of amides is 1. The van der Waals surface area contributed by atoms with Crippen LogP contribution in [0.4, 0.5) is 5.69 Å². The van der Waals surface area contributed by atoms with Gasteiger partial charge in [0.1, 0.15) is 5.75 Å². The van der Waals surface area contributed by atoms with Gasteiger partial charge in [-0.15, -0.1) is 0 Å². The van der Waals surface area contributed by atoms with Crippen molar-refractivity contribution in [2.24, 2.45) is 0 Å². The Kier molecular flexibility index (Phi) is 2.41. The molecule has 0 unspecified atom stereocenters. The van der Waals surface area contributed by atoms with Crippen LogP contribution in [0.1, 0.15) is 23.7 Å². The number of Topliss-reactive ketones (excluding diaryl/α,β-unsaturated/α-hetero) is 1. The molecular weight excluding hydrogens is 194 g/mol. The molecule has 4 nitrogen and oxygen atoms in total. The Balaban J connectivity index is 2.36. The van der Waals surface area contributed by atoms with Gasteiger partial charge in [-0.3, -0.25) is 9.59 Å². The number of fused-ring (bicyclic) bond motifs is 1. The largest absolute Gasteiger partial charge is 0.491 e. The van der Waals surface area contributed by atoms with Crippen LogP contribution in [0.2, 0.25) is 0 Å². The molecule has 0 fully saturated rings. The van der Waals surface area contributed by atoms with Gasteiger partial charge >= 0.3 is 0 Å². The van der Waals surface area contributed by atoms with Crippen LogP contribution in [0.15, 0.2) is 18.2 Å². The maximum absolute atomic E-state index is 11.4. The average Bonchev–Trinajstić information content (AvgIpc) is 2.53. The van der Waals surface area contributed by atoms with Crippen molar-refractivity contribution >= 4 is 17.4 Å². The molecule has 1 aliphatic heterocycles. The normalized spacial score (nSPS) is 13.7. The van der Waals surface area contributed by atoms with Gasteiger partial charge in [-0.05, 0) is 18.6 Å². The molecular formula is C11H11NO3. The van der Waals surface area contributed by atoms with Crippen LogP contribution in [-0.4, -0.2) is 18.3 Å². The number of hydrogen-bond donors (Lipinski definition) is 1. The number of rotatable bonds is 3. The zero-order chi connectivity index (χ0) is 10.8. The van der Waals surface area contributed by atoms with E-state index in [1.807, 2.05) is 6.92 Å². The van der Waals surface area contributed by atoms with E-state index in [0.29, 0.717) is 23.6 Å². The van der Waals surface area contributed by atoms with Crippen molar-refractivity contribution in [1.29, 1.82) is 0 Å². The Labute approximate surface area is 87.2 Å². The highest BCUT2D eigenvalue weighted by Gasteiger charge is 2.30.